The highest BCUT2D eigenvalue weighted by atomic mass is 32.1. The number of thiazole rings is 1. The molecule has 0 unspecified atom stereocenters. The number of carbonyl (C=O) groups is 1. The molecule has 0 amide bonds. The van der Waals surface area contributed by atoms with Gasteiger partial charge in [0.2, 0.25) is 0 Å². The van der Waals surface area contributed by atoms with Crippen LogP contribution in [-0.2, 0) is 6.18 Å². The first-order chi connectivity index (χ1) is 18.3. The van der Waals surface area contributed by atoms with Crippen molar-refractivity contribution in [3.63, 3.8) is 0 Å². The molecular weight excluding hydrogens is 529 g/mol. The molecule has 38 heavy (non-hydrogen) atoms. The largest absolute Gasteiger partial charge is 0.477 e. The highest BCUT2D eigenvalue weighted by Crippen LogP contribution is 2.37. The maximum Gasteiger partial charge on any atom is 0.435 e. The molecule has 1 N–H and O–H groups in total. The minimum atomic E-state index is -4.82. The Labute approximate surface area is 224 Å². The summed E-state index contributed by atoms with van der Waals surface area (Å²) >= 11 is 1.97. The number of aromatic nitrogens is 1. The van der Waals surface area contributed by atoms with Gasteiger partial charge < -0.3 is 10.0 Å². The molecule has 190 valence electrons. The topological polar surface area (TPSA) is 53.4 Å². The van der Waals surface area contributed by atoms with Gasteiger partial charge in [-0.15, -0.1) is 22.7 Å². The molecule has 4 nitrogen and oxygen atoms in total. The fourth-order valence-electron chi connectivity index (χ4n) is 3.87. The number of halogens is 3. The predicted octanol–water partition coefficient (Wildman–Crippen LogP) is 9.23. The van der Waals surface area contributed by atoms with Crippen molar-refractivity contribution in [1.82, 2.24) is 4.98 Å². The molecular formula is C29H19F3N2O2S2. The molecule has 2 heterocycles. The van der Waals surface area contributed by atoms with E-state index in [0.717, 1.165) is 32.4 Å². The highest BCUT2D eigenvalue weighted by molar-refractivity contribution is 7.16. The molecule has 0 saturated carbocycles. The van der Waals surface area contributed by atoms with Crippen LogP contribution in [0, 0.1) is 0 Å². The number of carboxylic acids is 1. The molecule has 9 heteroatoms. The number of rotatable bonds is 7. The number of nitrogens with zero attached hydrogens (tertiary/aromatic N) is 2. The number of anilines is 3. The lowest BCUT2D eigenvalue weighted by Crippen LogP contribution is -2.11. The first kappa shape index (κ1) is 25.4. The number of hydrogen-bond acceptors (Lipinski definition) is 5. The lowest BCUT2D eigenvalue weighted by molar-refractivity contribution is -0.141. The molecule has 0 atom stereocenters. The van der Waals surface area contributed by atoms with Gasteiger partial charge in [-0.1, -0.05) is 48.5 Å². The third-order valence-electron chi connectivity index (χ3n) is 5.56. The van der Waals surface area contributed by atoms with Crippen molar-refractivity contribution >= 4 is 57.9 Å². The number of aromatic carboxylic acids is 1. The summed E-state index contributed by atoms with van der Waals surface area (Å²) in [5.74, 6) is -1.64. The van der Waals surface area contributed by atoms with Gasteiger partial charge in [0.1, 0.15) is 9.88 Å². The number of para-hydroxylation sites is 2. The fourth-order valence-corrected chi connectivity index (χ4v) is 5.62. The van der Waals surface area contributed by atoms with Crippen LogP contribution in [0.1, 0.15) is 25.3 Å². The summed E-state index contributed by atoms with van der Waals surface area (Å²) in [5.41, 5.74) is 2.71. The summed E-state index contributed by atoms with van der Waals surface area (Å²) in [4.78, 5) is 17.8. The second kappa shape index (κ2) is 10.6. The van der Waals surface area contributed by atoms with Crippen molar-refractivity contribution in [2.45, 2.75) is 6.18 Å². The Hall–Kier alpha value is -4.21. The van der Waals surface area contributed by atoms with Crippen LogP contribution in [-0.4, -0.2) is 16.1 Å². The van der Waals surface area contributed by atoms with E-state index in [1.807, 2.05) is 72.8 Å². The minimum Gasteiger partial charge on any atom is -0.477 e. The summed E-state index contributed by atoms with van der Waals surface area (Å²) in [5, 5.41) is 9.07. The molecule has 0 radical (unpaired) electrons. The molecule has 3 aromatic carbocycles. The van der Waals surface area contributed by atoms with Gasteiger partial charge in [-0.25, -0.2) is 9.78 Å². The van der Waals surface area contributed by atoms with E-state index >= 15 is 0 Å². The summed E-state index contributed by atoms with van der Waals surface area (Å²) in [6.45, 7) is 0. The monoisotopic (exact) mass is 548 g/mol. The van der Waals surface area contributed by atoms with Gasteiger partial charge in [-0.3, -0.25) is 0 Å². The molecule has 0 aliphatic heterocycles. The van der Waals surface area contributed by atoms with E-state index in [4.69, 9.17) is 5.11 Å². The number of alkyl halides is 3. The van der Waals surface area contributed by atoms with E-state index in [-0.39, 0.29) is 5.01 Å². The van der Waals surface area contributed by atoms with Gasteiger partial charge in [0.05, 0.1) is 0 Å². The minimum absolute atomic E-state index is 0.0176. The molecule has 5 rings (SSSR count). The van der Waals surface area contributed by atoms with Gasteiger partial charge in [-0.2, -0.15) is 13.2 Å². The number of benzene rings is 3. The lowest BCUT2D eigenvalue weighted by Gasteiger charge is -2.25. The van der Waals surface area contributed by atoms with Crippen molar-refractivity contribution in [1.29, 1.82) is 0 Å². The van der Waals surface area contributed by atoms with Crippen LogP contribution in [0.15, 0.2) is 97.1 Å². The standard InChI is InChI=1S/C29H19F3N2O2S2/c30-29(31,32)27-26(28(35)36)38-25(33-27)18-16-23-15-17-24(37-23)19-11-13-22(14-12-19)34(20-7-3-1-4-8-20)21-9-5-2-6-10-21/h1-18H,(H,35,36)/b18-16+. The van der Waals surface area contributed by atoms with Crippen LogP contribution < -0.4 is 4.90 Å². The Morgan fingerprint density at radius 2 is 1.34 bits per heavy atom. The Kier molecular flexibility index (Phi) is 7.13. The van der Waals surface area contributed by atoms with Gasteiger partial charge >= 0.3 is 12.1 Å². The van der Waals surface area contributed by atoms with Crippen molar-refractivity contribution in [2.75, 3.05) is 4.90 Å². The molecule has 0 bridgehead atoms. The van der Waals surface area contributed by atoms with Crippen LogP contribution in [0.3, 0.4) is 0 Å². The van der Waals surface area contributed by atoms with E-state index in [1.165, 1.54) is 17.4 Å². The van der Waals surface area contributed by atoms with Crippen LogP contribution in [0.4, 0.5) is 30.2 Å². The second-order valence-corrected chi connectivity index (χ2v) is 10.3. The maximum atomic E-state index is 13.1. The quantitative estimate of drug-likeness (QED) is 0.220. The SMILES string of the molecule is O=C(O)c1sc(/C=C/c2ccc(-c3ccc(N(c4ccccc4)c4ccccc4)cc3)s2)nc1C(F)(F)F. The van der Waals surface area contributed by atoms with Crippen molar-refractivity contribution in [3.8, 4) is 10.4 Å². The third-order valence-corrected chi connectivity index (χ3v) is 7.67. The van der Waals surface area contributed by atoms with Crippen LogP contribution >= 0.6 is 22.7 Å². The molecule has 2 aromatic heterocycles. The van der Waals surface area contributed by atoms with Crippen LogP contribution in [0.5, 0.6) is 0 Å². The Bertz CT molecular complexity index is 1540. The average molecular weight is 549 g/mol. The van der Waals surface area contributed by atoms with E-state index in [1.54, 1.807) is 6.08 Å². The van der Waals surface area contributed by atoms with Crippen LogP contribution in [0.2, 0.25) is 0 Å². The van der Waals surface area contributed by atoms with Crippen molar-refractivity contribution in [2.24, 2.45) is 0 Å². The van der Waals surface area contributed by atoms with Gasteiger partial charge in [-0.05, 0) is 66.2 Å². The highest BCUT2D eigenvalue weighted by Gasteiger charge is 2.39. The molecule has 5 aromatic rings. The summed E-state index contributed by atoms with van der Waals surface area (Å²) in [6.07, 6.45) is -1.78. The Balaban J connectivity index is 1.38. The lowest BCUT2D eigenvalue weighted by atomic mass is 10.1. The number of hydrogen-bond donors (Lipinski definition) is 1. The molecule has 0 saturated heterocycles. The van der Waals surface area contributed by atoms with Gasteiger partial charge in [0.25, 0.3) is 0 Å². The van der Waals surface area contributed by atoms with Crippen molar-refractivity contribution < 1.29 is 23.1 Å². The average Bonchev–Trinajstić information content (AvgIpc) is 3.57. The summed E-state index contributed by atoms with van der Waals surface area (Å²) in [6, 6.07) is 32.1. The third kappa shape index (κ3) is 5.53. The normalized spacial score (nSPS) is 11.7. The summed E-state index contributed by atoms with van der Waals surface area (Å²) in [7, 11) is 0. The first-order valence-electron chi connectivity index (χ1n) is 11.4. The molecule has 0 spiro atoms. The zero-order valence-corrected chi connectivity index (χ0v) is 21.2. The fraction of sp³-hybridized carbons (Fsp3) is 0.0345. The van der Waals surface area contributed by atoms with E-state index < -0.39 is 22.7 Å². The van der Waals surface area contributed by atoms with E-state index in [2.05, 4.69) is 34.1 Å². The Morgan fingerprint density at radius 1 is 0.763 bits per heavy atom. The van der Waals surface area contributed by atoms with E-state index in [0.29, 0.717) is 11.3 Å². The maximum absolute atomic E-state index is 13.1. The smallest absolute Gasteiger partial charge is 0.435 e. The zero-order chi connectivity index (χ0) is 26.7. The number of carboxylic acid groups (broad SMARTS) is 1. The first-order valence-corrected chi connectivity index (χ1v) is 13.0. The molecule has 0 aliphatic carbocycles. The van der Waals surface area contributed by atoms with Gasteiger partial charge in [0, 0.05) is 26.8 Å². The van der Waals surface area contributed by atoms with E-state index in [9.17, 15) is 18.0 Å². The second-order valence-electron chi connectivity index (χ2n) is 8.12. The summed E-state index contributed by atoms with van der Waals surface area (Å²) < 4.78 is 39.3. The molecule has 0 fully saturated rings. The van der Waals surface area contributed by atoms with Crippen molar-refractivity contribution in [3.05, 3.63) is 118 Å². The zero-order valence-electron chi connectivity index (χ0n) is 19.6. The van der Waals surface area contributed by atoms with Gasteiger partial charge in [0.15, 0.2) is 5.69 Å². The molecule has 0 aliphatic rings. The Morgan fingerprint density at radius 3 is 1.87 bits per heavy atom. The van der Waals surface area contributed by atoms with Crippen LogP contribution in [0.25, 0.3) is 22.6 Å². The number of thiophene rings is 1. The predicted molar refractivity (Wildman–Crippen MR) is 147 cm³/mol.